The largest absolute Gasteiger partial charge is 0.243 e. The van der Waals surface area contributed by atoms with Crippen LogP contribution in [0.3, 0.4) is 0 Å². The lowest BCUT2D eigenvalue weighted by molar-refractivity contribution is 0.285. The third-order valence-corrected chi connectivity index (χ3v) is 5.91. The molecule has 0 aromatic carbocycles. The third kappa shape index (κ3) is 3.27. The maximum absolute atomic E-state index is 12.2. The molecule has 1 aromatic rings. The second-order valence-electron chi connectivity index (χ2n) is 5.18. The first-order valence-corrected chi connectivity index (χ1v) is 8.45. The molecule has 1 N–H and O–H groups in total. The van der Waals surface area contributed by atoms with Crippen molar-refractivity contribution in [2.24, 2.45) is 5.41 Å². The van der Waals surface area contributed by atoms with E-state index in [1.807, 2.05) is 0 Å². The third-order valence-electron chi connectivity index (χ3n) is 4.07. The number of aromatic nitrogens is 1. The van der Waals surface area contributed by atoms with Crippen molar-refractivity contribution in [3.63, 3.8) is 0 Å². The van der Waals surface area contributed by atoms with E-state index < -0.39 is 10.0 Å². The van der Waals surface area contributed by atoms with Crippen LogP contribution >= 0.6 is 11.6 Å². The van der Waals surface area contributed by atoms with Crippen molar-refractivity contribution in [3.05, 3.63) is 23.5 Å². The Kier molecular flexibility index (Phi) is 4.48. The topological polar surface area (TPSA) is 59.1 Å². The highest BCUT2D eigenvalue weighted by Gasteiger charge is 2.33. The van der Waals surface area contributed by atoms with Gasteiger partial charge >= 0.3 is 0 Å². The molecule has 0 aliphatic heterocycles. The smallest absolute Gasteiger partial charge is 0.243 e. The van der Waals surface area contributed by atoms with Crippen molar-refractivity contribution in [3.8, 4) is 0 Å². The fraction of sp³-hybridized carbons (Fsp3) is 0.615. The van der Waals surface area contributed by atoms with E-state index in [4.69, 9.17) is 11.6 Å². The van der Waals surface area contributed by atoms with Crippen molar-refractivity contribution >= 4 is 21.6 Å². The molecule has 2 rings (SSSR count). The Labute approximate surface area is 119 Å². The molecule has 0 bridgehead atoms. The summed E-state index contributed by atoms with van der Waals surface area (Å²) >= 11 is 5.84. The van der Waals surface area contributed by atoms with Crippen LogP contribution in [0.5, 0.6) is 0 Å². The van der Waals surface area contributed by atoms with E-state index in [-0.39, 0.29) is 15.5 Å². The van der Waals surface area contributed by atoms with Gasteiger partial charge in [0.25, 0.3) is 0 Å². The van der Waals surface area contributed by atoms with Gasteiger partial charge in [0, 0.05) is 12.7 Å². The zero-order valence-electron chi connectivity index (χ0n) is 11.0. The lowest BCUT2D eigenvalue weighted by Crippen LogP contribution is -2.35. The van der Waals surface area contributed by atoms with Gasteiger partial charge in [-0.3, -0.25) is 0 Å². The average molecular weight is 303 g/mol. The number of pyridine rings is 1. The summed E-state index contributed by atoms with van der Waals surface area (Å²) in [4.78, 5) is 3.87. The summed E-state index contributed by atoms with van der Waals surface area (Å²) in [5.41, 5.74) is 0.113. The van der Waals surface area contributed by atoms with Gasteiger partial charge in [-0.15, -0.1) is 0 Å². The van der Waals surface area contributed by atoms with Crippen LogP contribution in [0.4, 0.5) is 0 Å². The summed E-state index contributed by atoms with van der Waals surface area (Å²) in [6.45, 7) is 2.60. The monoisotopic (exact) mass is 302 g/mol. The van der Waals surface area contributed by atoms with Gasteiger partial charge in [-0.25, -0.2) is 18.1 Å². The van der Waals surface area contributed by atoms with Crippen molar-refractivity contribution in [1.82, 2.24) is 9.71 Å². The van der Waals surface area contributed by atoms with Gasteiger partial charge < -0.3 is 0 Å². The zero-order valence-corrected chi connectivity index (χ0v) is 12.6. The molecule has 4 nitrogen and oxygen atoms in total. The molecule has 1 aromatic heterocycles. The normalized spacial score (nSPS) is 18.6. The zero-order chi connectivity index (χ0) is 13.9. The molecule has 1 saturated carbocycles. The number of halogens is 1. The number of rotatable bonds is 5. The molecule has 106 valence electrons. The van der Waals surface area contributed by atoms with Crippen LogP contribution in [0, 0.1) is 5.41 Å². The minimum Gasteiger partial charge on any atom is -0.243 e. The Morgan fingerprint density at radius 1 is 1.42 bits per heavy atom. The fourth-order valence-corrected chi connectivity index (χ4v) is 4.29. The summed E-state index contributed by atoms with van der Waals surface area (Å²) in [6.07, 6.45) is 7.02. The van der Waals surface area contributed by atoms with E-state index in [1.165, 1.54) is 25.1 Å². The van der Waals surface area contributed by atoms with E-state index in [1.54, 1.807) is 6.07 Å². The van der Waals surface area contributed by atoms with Crippen molar-refractivity contribution in [1.29, 1.82) is 0 Å². The van der Waals surface area contributed by atoms with Gasteiger partial charge in [-0.2, -0.15) is 0 Å². The lowest BCUT2D eigenvalue weighted by Gasteiger charge is -2.27. The van der Waals surface area contributed by atoms with Crippen molar-refractivity contribution < 1.29 is 8.42 Å². The predicted molar refractivity (Wildman–Crippen MR) is 75.6 cm³/mol. The van der Waals surface area contributed by atoms with Gasteiger partial charge in [0.1, 0.15) is 10.0 Å². The van der Waals surface area contributed by atoms with Gasteiger partial charge in [0.05, 0.1) is 0 Å². The first-order chi connectivity index (χ1) is 8.99. The van der Waals surface area contributed by atoms with Gasteiger partial charge in [-0.1, -0.05) is 31.4 Å². The molecule has 0 unspecified atom stereocenters. The molecule has 1 fully saturated rings. The van der Waals surface area contributed by atoms with E-state index in [2.05, 4.69) is 16.6 Å². The van der Waals surface area contributed by atoms with Crippen LogP contribution in [0.25, 0.3) is 0 Å². The minimum absolute atomic E-state index is 0.0203. The van der Waals surface area contributed by atoms with E-state index in [9.17, 15) is 8.42 Å². The Hall–Kier alpha value is -0.650. The SMILES string of the molecule is CCC1(CNS(=O)(=O)c2cccnc2Cl)CCCC1. The Bertz CT molecular complexity index is 539. The molecular weight excluding hydrogens is 284 g/mol. The molecule has 1 heterocycles. The second kappa shape index (κ2) is 5.77. The molecule has 0 atom stereocenters. The summed E-state index contributed by atoms with van der Waals surface area (Å²) in [5, 5.41) is 0.0203. The molecule has 1 aliphatic carbocycles. The van der Waals surface area contributed by atoms with Gasteiger partial charge in [0.15, 0.2) is 0 Å². The van der Waals surface area contributed by atoms with Crippen LogP contribution in [0.2, 0.25) is 5.15 Å². The quantitative estimate of drug-likeness (QED) is 0.851. The van der Waals surface area contributed by atoms with Crippen LogP contribution in [0.1, 0.15) is 39.0 Å². The number of nitrogens with one attached hydrogen (secondary N) is 1. The summed E-state index contributed by atoms with van der Waals surface area (Å²) < 4.78 is 27.2. The highest BCUT2D eigenvalue weighted by atomic mass is 35.5. The van der Waals surface area contributed by atoms with Gasteiger partial charge in [0.2, 0.25) is 10.0 Å². The molecular formula is C13H19ClN2O2S. The molecule has 19 heavy (non-hydrogen) atoms. The van der Waals surface area contributed by atoms with E-state index >= 15 is 0 Å². The second-order valence-corrected chi connectivity index (χ2v) is 7.27. The Morgan fingerprint density at radius 3 is 2.68 bits per heavy atom. The standard InChI is InChI=1S/C13H19ClN2O2S/c1-2-13(7-3-4-8-13)10-16-19(17,18)11-6-5-9-15-12(11)14/h5-6,9,16H,2-4,7-8,10H2,1H3. The van der Waals surface area contributed by atoms with Gasteiger partial charge in [-0.05, 0) is 36.8 Å². The van der Waals surface area contributed by atoms with Crippen LogP contribution in [0.15, 0.2) is 23.2 Å². The number of hydrogen-bond acceptors (Lipinski definition) is 3. The lowest BCUT2D eigenvalue weighted by atomic mass is 9.84. The molecule has 0 radical (unpaired) electrons. The maximum Gasteiger partial charge on any atom is 0.243 e. The van der Waals surface area contributed by atoms with E-state index in [0.29, 0.717) is 6.54 Å². The molecule has 0 saturated heterocycles. The number of nitrogens with zero attached hydrogens (tertiary/aromatic N) is 1. The Balaban J connectivity index is 2.12. The van der Waals surface area contributed by atoms with E-state index in [0.717, 1.165) is 19.3 Å². The summed E-state index contributed by atoms with van der Waals surface area (Å²) in [6, 6.07) is 3.05. The highest BCUT2D eigenvalue weighted by Crippen LogP contribution is 2.40. The average Bonchev–Trinajstić information content (AvgIpc) is 2.86. The predicted octanol–water partition coefficient (Wildman–Crippen LogP) is 2.98. The van der Waals surface area contributed by atoms with Crippen molar-refractivity contribution in [2.45, 2.75) is 43.9 Å². The van der Waals surface area contributed by atoms with Crippen LogP contribution in [-0.2, 0) is 10.0 Å². The molecule has 6 heteroatoms. The highest BCUT2D eigenvalue weighted by molar-refractivity contribution is 7.89. The first-order valence-electron chi connectivity index (χ1n) is 6.59. The fourth-order valence-electron chi connectivity index (χ4n) is 2.68. The number of sulfonamides is 1. The van der Waals surface area contributed by atoms with Crippen molar-refractivity contribution in [2.75, 3.05) is 6.54 Å². The number of hydrogen-bond donors (Lipinski definition) is 1. The van der Waals surface area contributed by atoms with Crippen LogP contribution < -0.4 is 4.72 Å². The first kappa shape index (κ1) is 14.8. The van der Waals surface area contributed by atoms with Crippen LogP contribution in [-0.4, -0.2) is 19.9 Å². The summed E-state index contributed by atoms with van der Waals surface area (Å²) in [7, 11) is -3.57. The maximum atomic E-state index is 12.2. The molecule has 0 amide bonds. The molecule has 1 aliphatic rings. The minimum atomic E-state index is -3.57. The molecule has 0 spiro atoms. The summed E-state index contributed by atoms with van der Waals surface area (Å²) in [5.74, 6) is 0. The Morgan fingerprint density at radius 2 is 2.11 bits per heavy atom.